The molecule has 4 unspecified atom stereocenters. The Labute approximate surface area is 320 Å². The van der Waals surface area contributed by atoms with Crippen LogP contribution in [0.15, 0.2) is 54.1 Å². The second kappa shape index (κ2) is 18.5. The number of hydrogen-bond acceptors (Lipinski definition) is 5. The predicted molar refractivity (Wildman–Crippen MR) is 224 cm³/mol. The summed E-state index contributed by atoms with van der Waals surface area (Å²) in [6.45, 7) is 27.8. The molecule has 7 heteroatoms. The van der Waals surface area contributed by atoms with Crippen LogP contribution in [0.4, 0.5) is 10.1 Å². The summed E-state index contributed by atoms with van der Waals surface area (Å²) in [6, 6.07) is 12.9. The van der Waals surface area contributed by atoms with Gasteiger partial charge in [0.25, 0.3) is 0 Å². The van der Waals surface area contributed by atoms with Crippen molar-refractivity contribution in [2.75, 3.05) is 38.1 Å². The van der Waals surface area contributed by atoms with E-state index in [9.17, 15) is 5.26 Å². The smallest absolute Gasteiger partial charge is 0.151 e. The lowest BCUT2D eigenvalue weighted by Gasteiger charge is -2.48. The van der Waals surface area contributed by atoms with Gasteiger partial charge in [-0.15, -0.1) is 0 Å². The second-order valence-electron chi connectivity index (χ2n) is 15.1. The van der Waals surface area contributed by atoms with E-state index in [0.717, 1.165) is 68.8 Å². The Hall–Kier alpha value is -3.76. The number of anilines is 1. The Balaban J connectivity index is 0.000000996. The molecule has 2 bridgehead atoms. The van der Waals surface area contributed by atoms with Crippen LogP contribution in [0.5, 0.6) is 0 Å². The molecule has 4 aliphatic rings. The normalized spacial score (nSPS) is 22.5. The first kappa shape index (κ1) is 42.0. The molecule has 0 spiro atoms. The Morgan fingerprint density at radius 1 is 1.08 bits per heavy atom. The number of nitrogens with zero attached hydrogens (tertiary/aromatic N) is 6. The zero-order chi connectivity index (χ0) is 38.9. The fourth-order valence-electron chi connectivity index (χ4n) is 8.57. The van der Waals surface area contributed by atoms with Gasteiger partial charge in [0, 0.05) is 61.4 Å². The maximum Gasteiger partial charge on any atom is 0.151 e. The Kier molecular flexibility index (Phi) is 14.7. The lowest BCUT2D eigenvalue weighted by molar-refractivity contribution is 0.191. The molecule has 0 amide bonds. The largest absolute Gasteiger partial charge is 0.370 e. The lowest BCUT2D eigenvalue weighted by atomic mass is 9.55. The van der Waals surface area contributed by atoms with Crippen molar-refractivity contribution in [3.63, 3.8) is 0 Å². The quantitative estimate of drug-likeness (QED) is 0.166. The molecular formula is C46H67FN6. The number of dihydropyridines is 1. The molecule has 53 heavy (non-hydrogen) atoms. The van der Waals surface area contributed by atoms with Gasteiger partial charge in [0.1, 0.15) is 11.3 Å². The van der Waals surface area contributed by atoms with E-state index in [2.05, 4.69) is 85.2 Å². The first-order chi connectivity index (χ1) is 25.7. The van der Waals surface area contributed by atoms with Gasteiger partial charge in [0.15, 0.2) is 5.82 Å². The Morgan fingerprint density at radius 2 is 1.81 bits per heavy atom. The third-order valence-corrected chi connectivity index (χ3v) is 11.8. The van der Waals surface area contributed by atoms with Gasteiger partial charge >= 0.3 is 0 Å². The fourth-order valence-corrected chi connectivity index (χ4v) is 8.57. The number of imidazole rings is 1. The number of likely N-dealkylation sites (N-methyl/N-ethyl adjacent to an activating group) is 1. The van der Waals surface area contributed by atoms with Crippen LogP contribution in [0.1, 0.15) is 135 Å². The highest BCUT2D eigenvalue weighted by atomic mass is 19.1. The molecule has 4 atom stereocenters. The monoisotopic (exact) mass is 723 g/mol. The van der Waals surface area contributed by atoms with Crippen LogP contribution in [-0.4, -0.2) is 53.4 Å². The fraction of sp³-hybridized carbons (Fsp3) is 0.587. The van der Waals surface area contributed by atoms with Gasteiger partial charge in [-0.2, -0.15) is 5.26 Å². The van der Waals surface area contributed by atoms with E-state index in [1.54, 1.807) is 11.6 Å². The molecule has 2 heterocycles. The van der Waals surface area contributed by atoms with Crippen LogP contribution in [0, 0.1) is 33.9 Å². The van der Waals surface area contributed by atoms with Crippen LogP contribution < -0.4 is 4.90 Å². The van der Waals surface area contributed by atoms with Crippen molar-refractivity contribution in [2.24, 2.45) is 21.7 Å². The minimum absolute atomic E-state index is 0.0343. The lowest BCUT2D eigenvalue weighted by Crippen LogP contribution is -2.44. The highest BCUT2D eigenvalue weighted by Gasteiger charge is 2.62. The molecule has 0 radical (unpaired) electrons. The third kappa shape index (κ3) is 8.34. The third-order valence-electron chi connectivity index (χ3n) is 11.8. The van der Waals surface area contributed by atoms with E-state index in [0.29, 0.717) is 42.8 Å². The average molecular weight is 723 g/mol. The topological polar surface area (TPSA) is 60.5 Å². The number of halogens is 1. The number of unbranched alkanes of at least 4 members (excludes halogenated alkanes) is 1. The van der Waals surface area contributed by atoms with E-state index in [-0.39, 0.29) is 16.6 Å². The summed E-state index contributed by atoms with van der Waals surface area (Å²) in [6.07, 6.45) is 12.4. The predicted octanol–water partition coefficient (Wildman–Crippen LogP) is 11.6. The summed E-state index contributed by atoms with van der Waals surface area (Å²) < 4.78 is 17.4. The number of rotatable bonds is 14. The van der Waals surface area contributed by atoms with Crippen molar-refractivity contribution in [1.29, 1.82) is 5.26 Å². The number of fused-ring (bicyclic) bond motifs is 6. The number of aliphatic imine (C=N–C) groups is 1. The van der Waals surface area contributed by atoms with Gasteiger partial charge in [-0.25, -0.2) is 9.37 Å². The van der Waals surface area contributed by atoms with Crippen LogP contribution in [-0.2, 0) is 13.1 Å². The van der Waals surface area contributed by atoms with Gasteiger partial charge in [-0.1, -0.05) is 99.6 Å². The van der Waals surface area contributed by atoms with Crippen molar-refractivity contribution >= 4 is 28.5 Å². The maximum absolute atomic E-state index is 15.2. The molecule has 3 aliphatic carbocycles. The summed E-state index contributed by atoms with van der Waals surface area (Å²) in [5.41, 5.74) is 7.78. The standard InChI is InChI=1S/C40H49FN6.3C2H6/c1-6-8-18-46(33-11-9-10-29-30-23-31(37(29)33)39(30,4)35-13-12-27(3)24-43-35)20-19-45(5)25-36-44-38-32(41)21-28(7-2)22-34(38)47(36)26-40(14-15-40)16-17-42;3*1-2/h7,9-13,21-22,27,30-31H,2,6,8,14-16,18-20,23-26H2,1,3-5H3;3*1-2H3. The molecule has 288 valence electrons. The van der Waals surface area contributed by atoms with Crippen molar-refractivity contribution in [2.45, 2.75) is 126 Å². The summed E-state index contributed by atoms with van der Waals surface area (Å²) in [4.78, 5) is 14.9. The summed E-state index contributed by atoms with van der Waals surface area (Å²) in [5.74, 6) is 2.12. The molecular weight excluding hydrogens is 656 g/mol. The van der Waals surface area contributed by atoms with Crippen molar-refractivity contribution in [3.05, 3.63) is 77.4 Å². The summed E-state index contributed by atoms with van der Waals surface area (Å²) >= 11 is 0. The van der Waals surface area contributed by atoms with Crippen molar-refractivity contribution in [1.82, 2.24) is 14.5 Å². The SMILES string of the molecule is C=Cc1cc(F)c2nc(CN(C)CCN(CCCC)c3cccc4c3C3CC4C3(C)C3=NCC(C)C=C3)n(CC3(CC#N)CC3)c2c1.CC.CC.CC. The van der Waals surface area contributed by atoms with Crippen LogP contribution in [0.25, 0.3) is 17.1 Å². The van der Waals surface area contributed by atoms with Crippen LogP contribution in [0.2, 0.25) is 0 Å². The zero-order valence-corrected chi connectivity index (χ0v) is 34.6. The van der Waals surface area contributed by atoms with Crippen LogP contribution >= 0.6 is 0 Å². The first-order valence-corrected chi connectivity index (χ1v) is 20.7. The summed E-state index contributed by atoms with van der Waals surface area (Å²) in [5, 5.41) is 9.51. The molecule has 2 saturated carbocycles. The van der Waals surface area contributed by atoms with E-state index >= 15 is 4.39 Å². The average Bonchev–Trinajstić information content (AvgIpc) is 3.56. The molecule has 2 aromatic carbocycles. The number of allylic oxidation sites excluding steroid dienone is 1. The molecule has 3 aromatic rings. The molecule has 6 nitrogen and oxygen atoms in total. The molecule has 0 saturated heterocycles. The van der Waals surface area contributed by atoms with E-state index in [1.165, 1.54) is 29.4 Å². The van der Waals surface area contributed by atoms with Crippen molar-refractivity contribution in [3.8, 4) is 6.07 Å². The zero-order valence-electron chi connectivity index (χ0n) is 34.6. The maximum atomic E-state index is 15.2. The highest BCUT2D eigenvalue weighted by molar-refractivity contribution is 6.03. The Morgan fingerprint density at radius 3 is 2.43 bits per heavy atom. The molecule has 1 aromatic heterocycles. The number of benzene rings is 2. The first-order valence-electron chi connectivity index (χ1n) is 20.7. The molecule has 1 aliphatic heterocycles. The molecule has 2 fully saturated rings. The van der Waals surface area contributed by atoms with E-state index in [1.807, 2.05) is 47.6 Å². The second-order valence-corrected chi connectivity index (χ2v) is 15.1. The number of aromatic nitrogens is 2. The minimum Gasteiger partial charge on any atom is -0.370 e. The van der Waals surface area contributed by atoms with E-state index in [4.69, 9.17) is 9.98 Å². The van der Waals surface area contributed by atoms with Gasteiger partial charge in [0.2, 0.25) is 0 Å². The minimum atomic E-state index is -0.316. The van der Waals surface area contributed by atoms with Gasteiger partial charge in [-0.05, 0) is 91.5 Å². The molecule has 7 rings (SSSR count). The van der Waals surface area contributed by atoms with Gasteiger partial charge in [-0.3, -0.25) is 9.89 Å². The highest BCUT2D eigenvalue weighted by Crippen LogP contribution is 2.71. The number of nitriles is 1. The van der Waals surface area contributed by atoms with Gasteiger partial charge in [0.05, 0.1) is 18.1 Å². The van der Waals surface area contributed by atoms with Crippen molar-refractivity contribution < 1.29 is 4.39 Å². The summed E-state index contributed by atoms with van der Waals surface area (Å²) in [7, 11) is 2.15. The van der Waals surface area contributed by atoms with Crippen LogP contribution in [0.3, 0.4) is 0 Å². The molecule has 0 N–H and O–H groups in total. The van der Waals surface area contributed by atoms with Gasteiger partial charge < -0.3 is 9.47 Å². The number of hydrogen-bond donors (Lipinski definition) is 0. The Bertz CT molecular complexity index is 1790. The van der Waals surface area contributed by atoms with E-state index < -0.39 is 0 Å².